The molecule has 0 bridgehead atoms. The summed E-state index contributed by atoms with van der Waals surface area (Å²) in [6.45, 7) is 2.72. The largest absolute Gasteiger partial charge is 0.372 e. The number of aromatic nitrogens is 2. The summed E-state index contributed by atoms with van der Waals surface area (Å²) in [6.07, 6.45) is 7.30. The van der Waals surface area contributed by atoms with E-state index in [9.17, 15) is 4.79 Å². The minimum atomic E-state index is 0.0154. The summed E-state index contributed by atoms with van der Waals surface area (Å²) in [4.78, 5) is 23.7. The number of rotatable bonds is 4. The van der Waals surface area contributed by atoms with Crippen molar-refractivity contribution < 1.29 is 4.79 Å². The number of hydrogen-bond donors (Lipinski definition) is 1. The van der Waals surface area contributed by atoms with E-state index < -0.39 is 0 Å². The quantitative estimate of drug-likeness (QED) is 0.944. The van der Waals surface area contributed by atoms with E-state index in [1.54, 1.807) is 24.3 Å². The van der Waals surface area contributed by atoms with Crippen molar-refractivity contribution in [1.29, 1.82) is 0 Å². The minimum Gasteiger partial charge on any atom is -0.372 e. The Labute approximate surface area is 131 Å². The van der Waals surface area contributed by atoms with Gasteiger partial charge < -0.3 is 14.8 Å². The number of carbonyl (C=O) groups is 1. The average Bonchev–Trinajstić information content (AvgIpc) is 3.08. The number of H-pyrrole nitrogens is 1. The normalized spacial score (nSPS) is 14.9. The van der Waals surface area contributed by atoms with Crippen molar-refractivity contribution in [3.8, 4) is 0 Å². The van der Waals surface area contributed by atoms with Gasteiger partial charge in [-0.1, -0.05) is 0 Å². The van der Waals surface area contributed by atoms with Crippen LogP contribution in [-0.2, 0) is 6.54 Å². The second-order valence-electron chi connectivity index (χ2n) is 5.79. The fourth-order valence-corrected chi connectivity index (χ4v) is 2.87. The van der Waals surface area contributed by atoms with Crippen LogP contribution in [0, 0.1) is 0 Å². The van der Waals surface area contributed by atoms with Crippen LogP contribution in [0.1, 0.15) is 35.4 Å². The van der Waals surface area contributed by atoms with Crippen LogP contribution in [0.15, 0.2) is 36.7 Å². The Morgan fingerprint density at radius 1 is 1.23 bits per heavy atom. The third kappa shape index (κ3) is 3.30. The number of piperidine rings is 1. The molecule has 1 aliphatic heterocycles. The molecule has 1 amide bonds. The summed E-state index contributed by atoms with van der Waals surface area (Å²) in [5, 5.41) is 0. The van der Waals surface area contributed by atoms with Crippen molar-refractivity contribution in [2.75, 3.05) is 25.0 Å². The molecule has 5 heteroatoms. The molecular weight excluding hydrogens is 276 g/mol. The van der Waals surface area contributed by atoms with Gasteiger partial charge in [0.1, 0.15) is 5.82 Å². The van der Waals surface area contributed by atoms with Crippen molar-refractivity contribution >= 4 is 11.6 Å². The zero-order chi connectivity index (χ0) is 15.4. The van der Waals surface area contributed by atoms with E-state index >= 15 is 0 Å². The zero-order valence-corrected chi connectivity index (χ0v) is 13.0. The Morgan fingerprint density at radius 3 is 2.59 bits per heavy atom. The van der Waals surface area contributed by atoms with Crippen molar-refractivity contribution in [3.05, 3.63) is 48.0 Å². The van der Waals surface area contributed by atoms with Crippen LogP contribution in [0.25, 0.3) is 0 Å². The predicted molar refractivity (Wildman–Crippen MR) is 86.9 cm³/mol. The molecule has 0 spiro atoms. The Hall–Kier alpha value is -2.30. The Morgan fingerprint density at radius 2 is 1.95 bits per heavy atom. The summed E-state index contributed by atoms with van der Waals surface area (Å²) in [7, 11) is 1.80. The molecule has 1 fully saturated rings. The first-order valence-electron chi connectivity index (χ1n) is 7.83. The molecule has 22 heavy (non-hydrogen) atoms. The fraction of sp³-hybridized carbons (Fsp3) is 0.412. The van der Waals surface area contributed by atoms with Gasteiger partial charge in [0.2, 0.25) is 0 Å². The molecule has 1 aromatic heterocycles. The van der Waals surface area contributed by atoms with E-state index in [4.69, 9.17) is 0 Å². The first kappa shape index (κ1) is 14.6. The van der Waals surface area contributed by atoms with Gasteiger partial charge in [-0.25, -0.2) is 4.98 Å². The van der Waals surface area contributed by atoms with Gasteiger partial charge >= 0.3 is 0 Å². The molecule has 116 valence electrons. The Kier molecular flexibility index (Phi) is 4.42. The lowest BCUT2D eigenvalue weighted by atomic mass is 10.1. The highest BCUT2D eigenvalue weighted by molar-refractivity contribution is 5.94. The van der Waals surface area contributed by atoms with Crippen LogP contribution in [0.5, 0.6) is 0 Å². The molecule has 5 nitrogen and oxygen atoms in total. The summed E-state index contributed by atoms with van der Waals surface area (Å²) in [5.41, 5.74) is 1.93. The number of nitrogens with zero attached hydrogens (tertiary/aromatic N) is 3. The molecular formula is C17H22N4O. The predicted octanol–water partition coefficient (Wildman–Crippen LogP) is 2.67. The molecule has 0 saturated carbocycles. The average molecular weight is 298 g/mol. The highest BCUT2D eigenvalue weighted by atomic mass is 16.2. The maximum absolute atomic E-state index is 12.4. The van der Waals surface area contributed by atoms with Crippen LogP contribution in [0.3, 0.4) is 0 Å². The third-order valence-electron chi connectivity index (χ3n) is 4.12. The molecule has 0 unspecified atom stereocenters. The first-order valence-corrected chi connectivity index (χ1v) is 7.83. The molecule has 1 saturated heterocycles. The molecule has 1 aromatic carbocycles. The number of amides is 1. The van der Waals surface area contributed by atoms with Gasteiger partial charge in [0.25, 0.3) is 5.91 Å². The van der Waals surface area contributed by atoms with E-state index in [1.807, 2.05) is 12.1 Å². The van der Waals surface area contributed by atoms with Crippen LogP contribution in [-0.4, -0.2) is 40.9 Å². The Bertz CT molecular complexity index is 600. The summed E-state index contributed by atoms with van der Waals surface area (Å²) in [5.74, 6) is 0.808. The molecule has 2 aromatic rings. The van der Waals surface area contributed by atoms with Gasteiger partial charge in [-0.15, -0.1) is 0 Å². The highest BCUT2D eigenvalue weighted by Crippen LogP contribution is 2.20. The van der Waals surface area contributed by atoms with Gasteiger partial charge in [-0.2, -0.15) is 0 Å². The number of hydrogen-bond acceptors (Lipinski definition) is 3. The van der Waals surface area contributed by atoms with Gasteiger partial charge in [-0.3, -0.25) is 4.79 Å². The number of nitrogens with one attached hydrogen (secondary N) is 1. The van der Waals surface area contributed by atoms with E-state index in [0.717, 1.165) is 24.5 Å². The number of carbonyl (C=O) groups excluding carboxylic acids is 1. The topological polar surface area (TPSA) is 52.2 Å². The standard InChI is InChI=1S/C17H22N4O/c1-20(13-16-18-9-10-19-16)17(22)14-5-7-15(8-6-14)21-11-3-2-4-12-21/h5-10H,2-4,11-13H2,1H3,(H,18,19). The number of aromatic amines is 1. The van der Waals surface area contributed by atoms with Crippen LogP contribution >= 0.6 is 0 Å². The van der Waals surface area contributed by atoms with Gasteiger partial charge in [0.15, 0.2) is 0 Å². The van der Waals surface area contributed by atoms with Crippen LogP contribution < -0.4 is 4.90 Å². The molecule has 0 radical (unpaired) electrons. The van der Waals surface area contributed by atoms with E-state index in [1.165, 1.54) is 24.9 Å². The Balaban J connectivity index is 1.65. The lowest BCUT2D eigenvalue weighted by Gasteiger charge is -2.29. The lowest BCUT2D eigenvalue weighted by Crippen LogP contribution is -2.29. The van der Waals surface area contributed by atoms with Crippen molar-refractivity contribution in [3.63, 3.8) is 0 Å². The van der Waals surface area contributed by atoms with E-state index in [-0.39, 0.29) is 5.91 Å². The van der Waals surface area contributed by atoms with Gasteiger partial charge in [-0.05, 0) is 43.5 Å². The molecule has 1 aliphatic rings. The molecule has 1 N–H and O–H groups in total. The summed E-state index contributed by atoms with van der Waals surface area (Å²) >= 11 is 0. The second kappa shape index (κ2) is 6.64. The van der Waals surface area contributed by atoms with Crippen molar-refractivity contribution in [2.24, 2.45) is 0 Å². The number of benzene rings is 1. The van der Waals surface area contributed by atoms with E-state index in [0.29, 0.717) is 6.54 Å². The van der Waals surface area contributed by atoms with Gasteiger partial charge in [0.05, 0.1) is 6.54 Å². The molecule has 3 rings (SSSR count). The highest BCUT2D eigenvalue weighted by Gasteiger charge is 2.15. The zero-order valence-electron chi connectivity index (χ0n) is 13.0. The summed E-state index contributed by atoms with van der Waals surface area (Å²) < 4.78 is 0. The number of imidazole rings is 1. The molecule has 0 aliphatic carbocycles. The molecule has 2 heterocycles. The number of anilines is 1. The van der Waals surface area contributed by atoms with Crippen molar-refractivity contribution in [1.82, 2.24) is 14.9 Å². The second-order valence-corrected chi connectivity index (χ2v) is 5.79. The van der Waals surface area contributed by atoms with Crippen molar-refractivity contribution in [2.45, 2.75) is 25.8 Å². The fourth-order valence-electron chi connectivity index (χ4n) is 2.87. The monoisotopic (exact) mass is 298 g/mol. The van der Waals surface area contributed by atoms with Crippen LogP contribution in [0.2, 0.25) is 0 Å². The van der Waals surface area contributed by atoms with Crippen LogP contribution in [0.4, 0.5) is 5.69 Å². The summed E-state index contributed by atoms with van der Waals surface area (Å²) in [6, 6.07) is 7.95. The van der Waals surface area contributed by atoms with E-state index in [2.05, 4.69) is 27.0 Å². The molecule has 0 atom stereocenters. The SMILES string of the molecule is CN(Cc1ncc[nH]1)C(=O)c1ccc(N2CCCCC2)cc1. The first-order chi connectivity index (χ1) is 10.7. The lowest BCUT2D eigenvalue weighted by molar-refractivity contribution is 0.0782. The third-order valence-corrected chi connectivity index (χ3v) is 4.12. The maximum Gasteiger partial charge on any atom is 0.254 e. The maximum atomic E-state index is 12.4. The smallest absolute Gasteiger partial charge is 0.254 e. The minimum absolute atomic E-state index is 0.0154. The van der Waals surface area contributed by atoms with Gasteiger partial charge in [0, 0.05) is 43.8 Å².